The summed E-state index contributed by atoms with van der Waals surface area (Å²) >= 11 is 0. The van der Waals surface area contributed by atoms with Crippen molar-refractivity contribution in [2.75, 3.05) is 14.2 Å². The number of methoxy groups -OCH3 is 2. The van der Waals surface area contributed by atoms with Gasteiger partial charge in [0.15, 0.2) is 11.5 Å². The molecular formula is C16H27O2Si. The monoisotopic (exact) mass is 279 g/mol. The van der Waals surface area contributed by atoms with E-state index in [0.717, 1.165) is 17.0 Å². The topological polar surface area (TPSA) is 18.5 Å². The van der Waals surface area contributed by atoms with Crippen molar-refractivity contribution in [3.8, 4) is 11.5 Å². The first-order valence-electron chi connectivity index (χ1n) is 7.10. The summed E-state index contributed by atoms with van der Waals surface area (Å²) in [6, 6.07) is 11.3. The summed E-state index contributed by atoms with van der Waals surface area (Å²) in [6.07, 6.45) is 0. The standard InChI is InChI=1S/C16H27O2Si/c1-7-19(8-2,13(3)4)12-14-9-10-15(17-5)16(11-14)18-6/h9-13H,7-8H2,1-6H3. The molecule has 0 aromatic heterocycles. The smallest absolute Gasteiger partial charge is 0.160 e. The summed E-state index contributed by atoms with van der Waals surface area (Å²) in [4.78, 5) is 0. The highest BCUT2D eigenvalue weighted by atomic mass is 28.3. The third-order valence-corrected chi connectivity index (χ3v) is 10.2. The van der Waals surface area contributed by atoms with Crippen LogP contribution in [-0.2, 0) is 0 Å². The van der Waals surface area contributed by atoms with E-state index in [9.17, 15) is 0 Å². The molecule has 0 unspecified atom stereocenters. The molecule has 0 spiro atoms. The van der Waals surface area contributed by atoms with E-state index in [1.54, 1.807) is 14.2 Å². The highest BCUT2D eigenvalue weighted by molar-refractivity contribution is 6.84. The SMILES string of the molecule is CC[Si]([CH]c1ccc(OC)c(OC)c1)(CC)C(C)C. The largest absolute Gasteiger partial charge is 0.493 e. The minimum atomic E-state index is -1.35. The second kappa shape index (κ2) is 6.99. The molecule has 0 heterocycles. The second-order valence-corrected chi connectivity index (χ2v) is 10.7. The van der Waals surface area contributed by atoms with Gasteiger partial charge in [-0.1, -0.05) is 51.4 Å². The first-order chi connectivity index (χ1) is 9.02. The Hall–Kier alpha value is -0.963. The lowest BCUT2D eigenvalue weighted by Crippen LogP contribution is -2.37. The highest BCUT2D eigenvalue weighted by Crippen LogP contribution is 2.36. The van der Waals surface area contributed by atoms with Gasteiger partial charge < -0.3 is 9.47 Å². The van der Waals surface area contributed by atoms with Crippen LogP contribution in [0.5, 0.6) is 11.5 Å². The first-order valence-corrected chi connectivity index (χ1v) is 9.67. The van der Waals surface area contributed by atoms with E-state index in [1.807, 2.05) is 6.07 Å². The molecule has 0 aliphatic heterocycles. The molecule has 0 atom stereocenters. The molecule has 2 nitrogen and oxygen atoms in total. The van der Waals surface area contributed by atoms with Gasteiger partial charge in [-0.15, -0.1) is 0 Å². The normalized spacial score (nSPS) is 11.7. The Kier molecular flexibility index (Phi) is 5.92. The number of hydrogen-bond acceptors (Lipinski definition) is 2. The zero-order chi connectivity index (χ0) is 14.5. The van der Waals surface area contributed by atoms with Crippen molar-refractivity contribution in [3.63, 3.8) is 0 Å². The van der Waals surface area contributed by atoms with Crippen LogP contribution in [0, 0.1) is 6.04 Å². The molecule has 3 heteroatoms. The van der Waals surface area contributed by atoms with Crippen molar-refractivity contribution in [2.24, 2.45) is 0 Å². The number of rotatable bonds is 7. The van der Waals surface area contributed by atoms with Gasteiger partial charge in [0.1, 0.15) is 0 Å². The van der Waals surface area contributed by atoms with Crippen molar-refractivity contribution >= 4 is 8.07 Å². The molecule has 1 rings (SSSR count). The molecule has 0 saturated heterocycles. The van der Waals surface area contributed by atoms with E-state index in [4.69, 9.17) is 9.47 Å². The van der Waals surface area contributed by atoms with Crippen LogP contribution in [0.25, 0.3) is 0 Å². The van der Waals surface area contributed by atoms with Crippen LogP contribution in [0.4, 0.5) is 0 Å². The molecule has 19 heavy (non-hydrogen) atoms. The van der Waals surface area contributed by atoms with Crippen molar-refractivity contribution in [1.29, 1.82) is 0 Å². The van der Waals surface area contributed by atoms with Crippen molar-refractivity contribution in [2.45, 2.75) is 45.3 Å². The maximum absolute atomic E-state index is 5.39. The molecule has 0 N–H and O–H groups in total. The van der Waals surface area contributed by atoms with Crippen LogP contribution < -0.4 is 9.47 Å². The fourth-order valence-corrected chi connectivity index (χ4v) is 6.43. The van der Waals surface area contributed by atoms with Gasteiger partial charge in [0.25, 0.3) is 0 Å². The lowest BCUT2D eigenvalue weighted by molar-refractivity contribution is 0.355. The predicted molar refractivity (Wildman–Crippen MR) is 84.8 cm³/mol. The molecular weight excluding hydrogens is 252 g/mol. The van der Waals surface area contributed by atoms with Crippen molar-refractivity contribution < 1.29 is 9.47 Å². The zero-order valence-electron chi connectivity index (χ0n) is 13.1. The molecule has 0 bridgehead atoms. The Morgan fingerprint density at radius 2 is 1.63 bits per heavy atom. The molecule has 0 saturated carbocycles. The van der Waals surface area contributed by atoms with Crippen LogP contribution >= 0.6 is 0 Å². The number of hydrogen-bond donors (Lipinski definition) is 0. The second-order valence-electron chi connectivity index (χ2n) is 5.35. The van der Waals surface area contributed by atoms with E-state index in [0.29, 0.717) is 0 Å². The quantitative estimate of drug-likeness (QED) is 0.674. The van der Waals surface area contributed by atoms with Crippen LogP contribution in [0.3, 0.4) is 0 Å². The Balaban J connectivity index is 3.04. The summed E-state index contributed by atoms with van der Waals surface area (Å²) in [5, 5.41) is 0. The number of ether oxygens (including phenoxy) is 2. The fourth-order valence-electron chi connectivity index (χ4n) is 2.71. The average molecular weight is 279 g/mol. The van der Waals surface area contributed by atoms with Gasteiger partial charge in [-0.3, -0.25) is 0 Å². The van der Waals surface area contributed by atoms with Crippen LogP contribution in [0.15, 0.2) is 18.2 Å². The average Bonchev–Trinajstić information content (AvgIpc) is 2.44. The van der Waals surface area contributed by atoms with E-state index < -0.39 is 8.07 Å². The van der Waals surface area contributed by atoms with Crippen LogP contribution in [0.2, 0.25) is 17.6 Å². The minimum Gasteiger partial charge on any atom is -0.493 e. The lowest BCUT2D eigenvalue weighted by Gasteiger charge is -2.33. The van der Waals surface area contributed by atoms with Gasteiger partial charge in [-0.2, -0.15) is 0 Å². The van der Waals surface area contributed by atoms with Crippen LogP contribution in [0.1, 0.15) is 33.3 Å². The summed E-state index contributed by atoms with van der Waals surface area (Å²) < 4.78 is 10.7. The molecule has 0 aliphatic carbocycles. The minimum absolute atomic E-state index is 0.760. The van der Waals surface area contributed by atoms with Crippen molar-refractivity contribution in [3.05, 3.63) is 29.8 Å². The summed E-state index contributed by atoms with van der Waals surface area (Å²) in [7, 11) is 2.02. The summed E-state index contributed by atoms with van der Waals surface area (Å²) in [5.41, 5.74) is 2.03. The maximum atomic E-state index is 5.39. The summed E-state index contributed by atoms with van der Waals surface area (Å²) in [5.74, 6) is 1.61. The molecule has 1 radical (unpaired) electrons. The van der Waals surface area contributed by atoms with E-state index >= 15 is 0 Å². The molecule has 107 valence electrons. The van der Waals surface area contributed by atoms with Gasteiger partial charge in [-0.05, 0) is 23.7 Å². The van der Waals surface area contributed by atoms with Gasteiger partial charge >= 0.3 is 0 Å². The Morgan fingerprint density at radius 3 is 2.05 bits per heavy atom. The fraction of sp³-hybridized carbons (Fsp3) is 0.562. The molecule has 0 fully saturated rings. The summed E-state index contributed by atoms with van der Waals surface area (Å²) in [6.45, 7) is 9.37. The third-order valence-electron chi connectivity index (χ3n) is 4.33. The van der Waals surface area contributed by atoms with E-state index in [2.05, 4.69) is 45.9 Å². The maximum Gasteiger partial charge on any atom is 0.160 e. The Bertz CT molecular complexity index is 398. The molecule has 0 aliphatic rings. The first kappa shape index (κ1) is 16.1. The van der Waals surface area contributed by atoms with Crippen LogP contribution in [-0.4, -0.2) is 22.3 Å². The van der Waals surface area contributed by atoms with Crippen molar-refractivity contribution in [1.82, 2.24) is 0 Å². The predicted octanol–water partition coefficient (Wildman–Crippen LogP) is 4.69. The molecule has 0 amide bonds. The zero-order valence-corrected chi connectivity index (χ0v) is 14.1. The third kappa shape index (κ3) is 3.53. The highest BCUT2D eigenvalue weighted by Gasteiger charge is 2.33. The van der Waals surface area contributed by atoms with Gasteiger partial charge in [0.05, 0.1) is 22.3 Å². The molecule has 1 aromatic carbocycles. The Morgan fingerprint density at radius 1 is 1.05 bits per heavy atom. The number of benzene rings is 1. The van der Waals surface area contributed by atoms with Gasteiger partial charge in [0.2, 0.25) is 0 Å². The van der Waals surface area contributed by atoms with Gasteiger partial charge in [0, 0.05) is 0 Å². The van der Waals surface area contributed by atoms with E-state index in [1.165, 1.54) is 17.7 Å². The lowest BCUT2D eigenvalue weighted by atomic mass is 10.2. The molecule has 1 aromatic rings. The van der Waals surface area contributed by atoms with E-state index in [-0.39, 0.29) is 0 Å². The van der Waals surface area contributed by atoms with Gasteiger partial charge in [-0.25, -0.2) is 0 Å². The Labute approximate surface area is 119 Å².